The first-order valence-corrected chi connectivity index (χ1v) is 4.12. The highest BCUT2D eigenvalue weighted by molar-refractivity contribution is 6.31. The van der Waals surface area contributed by atoms with Crippen LogP contribution in [0.1, 0.15) is 11.1 Å². The molecule has 0 unspecified atom stereocenters. The van der Waals surface area contributed by atoms with Crippen LogP contribution in [0.25, 0.3) is 6.08 Å². The van der Waals surface area contributed by atoms with Crippen LogP contribution in [0, 0.1) is 11.3 Å². The van der Waals surface area contributed by atoms with Crippen LogP contribution in [0.3, 0.4) is 0 Å². The lowest BCUT2D eigenvalue weighted by molar-refractivity contribution is -0.131. The number of carboxylic acid groups (broad SMARTS) is 1. The van der Waals surface area contributed by atoms with Crippen LogP contribution in [-0.4, -0.2) is 11.1 Å². The molecule has 4 heteroatoms. The van der Waals surface area contributed by atoms with Crippen molar-refractivity contribution in [1.29, 1.82) is 5.26 Å². The quantitative estimate of drug-likeness (QED) is 0.757. The van der Waals surface area contributed by atoms with Gasteiger partial charge in [0.2, 0.25) is 0 Å². The zero-order chi connectivity index (χ0) is 10.6. The Morgan fingerprint density at radius 2 is 2.29 bits per heavy atom. The van der Waals surface area contributed by atoms with Gasteiger partial charge in [-0.15, -0.1) is 0 Å². The van der Waals surface area contributed by atoms with Gasteiger partial charge < -0.3 is 5.11 Å². The van der Waals surface area contributed by atoms with E-state index < -0.39 is 5.97 Å². The van der Waals surface area contributed by atoms with Crippen molar-refractivity contribution < 1.29 is 9.90 Å². The molecule has 0 heterocycles. The summed E-state index contributed by atoms with van der Waals surface area (Å²) in [6.45, 7) is 0. The van der Waals surface area contributed by atoms with Crippen LogP contribution in [0.2, 0.25) is 5.02 Å². The Labute approximate surface area is 85.9 Å². The molecule has 14 heavy (non-hydrogen) atoms. The number of halogens is 1. The topological polar surface area (TPSA) is 61.1 Å². The number of hydrogen-bond donors (Lipinski definition) is 1. The third kappa shape index (κ3) is 2.61. The second kappa shape index (κ2) is 4.45. The van der Waals surface area contributed by atoms with Crippen molar-refractivity contribution in [3.05, 3.63) is 40.4 Å². The van der Waals surface area contributed by atoms with Gasteiger partial charge in [0.15, 0.2) is 0 Å². The number of carbonyl (C=O) groups is 1. The van der Waals surface area contributed by atoms with E-state index in [4.69, 9.17) is 22.0 Å². The molecule has 0 saturated heterocycles. The van der Waals surface area contributed by atoms with E-state index in [0.29, 0.717) is 16.1 Å². The van der Waals surface area contributed by atoms with E-state index in [0.717, 1.165) is 6.08 Å². The Balaban J connectivity index is 3.03. The standard InChI is InChI=1S/C10H6ClNO2/c11-9-3-1-7(2-4-10(13)14)5-8(9)6-12/h1-5H,(H,13,14). The van der Waals surface area contributed by atoms with Gasteiger partial charge in [-0.1, -0.05) is 17.7 Å². The molecule has 0 aliphatic rings. The third-order valence-electron chi connectivity index (χ3n) is 1.53. The van der Waals surface area contributed by atoms with E-state index in [1.807, 2.05) is 6.07 Å². The fraction of sp³-hybridized carbons (Fsp3) is 0. The molecule has 0 amide bonds. The van der Waals surface area contributed by atoms with Gasteiger partial charge in [0, 0.05) is 6.08 Å². The van der Waals surface area contributed by atoms with Crippen molar-refractivity contribution >= 4 is 23.6 Å². The summed E-state index contributed by atoms with van der Waals surface area (Å²) < 4.78 is 0. The molecule has 1 aromatic carbocycles. The minimum absolute atomic E-state index is 0.333. The number of aliphatic carboxylic acids is 1. The number of benzene rings is 1. The Kier molecular flexibility index (Phi) is 3.27. The van der Waals surface area contributed by atoms with Gasteiger partial charge in [0.25, 0.3) is 0 Å². The van der Waals surface area contributed by atoms with Crippen molar-refractivity contribution in [3.8, 4) is 6.07 Å². The molecule has 1 aromatic rings. The van der Waals surface area contributed by atoms with Gasteiger partial charge in [0.05, 0.1) is 10.6 Å². The maximum atomic E-state index is 10.2. The lowest BCUT2D eigenvalue weighted by Crippen LogP contribution is -1.86. The van der Waals surface area contributed by atoms with Crippen LogP contribution in [0.5, 0.6) is 0 Å². The van der Waals surface area contributed by atoms with Gasteiger partial charge in [-0.3, -0.25) is 0 Å². The Hall–Kier alpha value is -1.79. The molecule has 0 aromatic heterocycles. The third-order valence-corrected chi connectivity index (χ3v) is 1.86. The Bertz CT molecular complexity index is 432. The smallest absolute Gasteiger partial charge is 0.328 e. The molecule has 0 spiro atoms. The maximum absolute atomic E-state index is 10.2. The predicted octanol–water partition coefficient (Wildman–Crippen LogP) is 2.31. The summed E-state index contributed by atoms with van der Waals surface area (Å²) in [5, 5.41) is 17.4. The van der Waals surface area contributed by atoms with Gasteiger partial charge in [-0.25, -0.2) is 4.79 Å². The molecule has 0 aliphatic heterocycles. The molecule has 70 valence electrons. The van der Waals surface area contributed by atoms with Crippen LogP contribution in [0.15, 0.2) is 24.3 Å². The van der Waals surface area contributed by atoms with Gasteiger partial charge in [-0.2, -0.15) is 5.26 Å². The molecule has 1 rings (SSSR count). The first-order valence-electron chi connectivity index (χ1n) is 3.74. The van der Waals surface area contributed by atoms with E-state index in [-0.39, 0.29) is 0 Å². The van der Waals surface area contributed by atoms with Crippen molar-refractivity contribution in [2.45, 2.75) is 0 Å². The number of nitriles is 1. The summed E-state index contributed by atoms with van der Waals surface area (Å²) in [6.07, 6.45) is 2.41. The molecule has 3 nitrogen and oxygen atoms in total. The predicted molar refractivity (Wildman–Crippen MR) is 52.8 cm³/mol. The van der Waals surface area contributed by atoms with E-state index in [9.17, 15) is 4.79 Å². The van der Waals surface area contributed by atoms with Gasteiger partial charge >= 0.3 is 5.97 Å². The number of nitrogens with zero attached hydrogens (tertiary/aromatic N) is 1. The summed E-state index contributed by atoms with van der Waals surface area (Å²) in [4.78, 5) is 10.2. The van der Waals surface area contributed by atoms with Gasteiger partial charge in [-0.05, 0) is 23.8 Å². The van der Waals surface area contributed by atoms with Crippen molar-refractivity contribution in [2.75, 3.05) is 0 Å². The number of hydrogen-bond acceptors (Lipinski definition) is 2. The minimum atomic E-state index is -1.03. The molecular weight excluding hydrogens is 202 g/mol. The van der Waals surface area contributed by atoms with Crippen LogP contribution < -0.4 is 0 Å². The normalized spacial score (nSPS) is 10.0. The molecule has 0 fully saturated rings. The highest BCUT2D eigenvalue weighted by Gasteiger charge is 1.98. The first kappa shape index (κ1) is 10.3. The lowest BCUT2D eigenvalue weighted by Gasteiger charge is -1.96. The highest BCUT2D eigenvalue weighted by Crippen LogP contribution is 2.17. The average Bonchev–Trinajstić information content (AvgIpc) is 2.16. The molecule has 0 aliphatic carbocycles. The first-order chi connectivity index (χ1) is 6.63. The summed E-state index contributed by atoms with van der Waals surface area (Å²) in [5.41, 5.74) is 0.965. The van der Waals surface area contributed by atoms with Crippen LogP contribution in [0.4, 0.5) is 0 Å². The maximum Gasteiger partial charge on any atom is 0.328 e. The molecule has 1 N–H and O–H groups in total. The van der Waals surface area contributed by atoms with Crippen molar-refractivity contribution in [2.24, 2.45) is 0 Å². The lowest BCUT2D eigenvalue weighted by atomic mass is 10.1. The Morgan fingerprint density at radius 1 is 1.57 bits per heavy atom. The minimum Gasteiger partial charge on any atom is -0.478 e. The number of rotatable bonds is 2. The number of carboxylic acids is 1. The van der Waals surface area contributed by atoms with Gasteiger partial charge in [0.1, 0.15) is 6.07 Å². The fourth-order valence-corrected chi connectivity index (χ4v) is 1.06. The van der Waals surface area contributed by atoms with Crippen molar-refractivity contribution in [1.82, 2.24) is 0 Å². The summed E-state index contributed by atoms with van der Waals surface area (Å²) in [5.74, 6) is -1.03. The second-order valence-corrected chi connectivity index (χ2v) is 2.93. The molecular formula is C10H6ClNO2. The molecule has 0 saturated carbocycles. The second-order valence-electron chi connectivity index (χ2n) is 2.52. The monoisotopic (exact) mass is 207 g/mol. The van der Waals surface area contributed by atoms with Crippen molar-refractivity contribution in [3.63, 3.8) is 0 Å². The average molecular weight is 208 g/mol. The zero-order valence-corrected chi connectivity index (χ0v) is 7.82. The largest absolute Gasteiger partial charge is 0.478 e. The molecule has 0 radical (unpaired) electrons. The van der Waals surface area contributed by atoms with E-state index in [2.05, 4.69) is 0 Å². The fourth-order valence-electron chi connectivity index (χ4n) is 0.900. The summed E-state index contributed by atoms with van der Waals surface area (Å²) in [6, 6.07) is 6.64. The highest BCUT2D eigenvalue weighted by atomic mass is 35.5. The van der Waals surface area contributed by atoms with E-state index in [1.165, 1.54) is 12.1 Å². The zero-order valence-electron chi connectivity index (χ0n) is 7.07. The SMILES string of the molecule is N#Cc1cc(C=CC(=O)O)ccc1Cl. The van der Waals surface area contributed by atoms with E-state index in [1.54, 1.807) is 12.1 Å². The molecule has 0 atom stereocenters. The van der Waals surface area contributed by atoms with Crippen LogP contribution in [-0.2, 0) is 4.79 Å². The summed E-state index contributed by atoms with van der Waals surface area (Å²) in [7, 11) is 0. The molecule has 0 bridgehead atoms. The Morgan fingerprint density at radius 3 is 2.86 bits per heavy atom. The van der Waals surface area contributed by atoms with E-state index >= 15 is 0 Å². The van der Waals surface area contributed by atoms with Crippen LogP contribution >= 0.6 is 11.6 Å². The summed E-state index contributed by atoms with van der Waals surface area (Å²) >= 11 is 5.70.